The van der Waals surface area contributed by atoms with Gasteiger partial charge in [-0.15, -0.1) is 0 Å². The van der Waals surface area contributed by atoms with E-state index in [9.17, 15) is 0 Å². The highest BCUT2D eigenvalue weighted by Crippen LogP contribution is 1.76. The summed E-state index contributed by atoms with van der Waals surface area (Å²) in [5.74, 6) is 0. The SMILES string of the molecule is CC.CC.CCCC.CCCNCCN(C)C. The van der Waals surface area contributed by atoms with E-state index in [-0.39, 0.29) is 0 Å². The summed E-state index contributed by atoms with van der Waals surface area (Å²) in [5, 5.41) is 3.32. The summed E-state index contributed by atoms with van der Waals surface area (Å²) in [5.41, 5.74) is 0. The van der Waals surface area contributed by atoms with Gasteiger partial charge in [-0.05, 0) is 27.1 Å². The fourth-order valence-corrected chi connectivity index (χ4v) is 0.604. The van der Waals surface area contributed by atoms with Gasteiger partial charge in [0.05, 0.1) is 0 Å². The van der Waals surface area contributed by atoms with Crippen molar-refractivity contribution in [3.05, 3.63) is 0 Å². The largest absolute Gasteiger partial charge is 0.315 e. The quantitative estimate of drug-likeness (QED) is 0.701. The van der Waals surface area contributed by atoms with Gasteiger partial charge in [-0.3, -0.25) is 0 Å². The highest BCUT2D eigenvalue weighted by Gasteiger charge is 1.86. The third kappa shape index (κ3) is 64.4. The van der Waals surface area contributed by atoms with Crippen molar-refractivity contribution in [3.8, 4) is 0 Å². The molecule has 0 aliphatic rings. The summed E-state index contributed by atoms with van der Waals surface area (Å²) in [4.78, 5) is 2.18. The molecule has 0 rings (SSSR count). The van der Waals surface area contributed by atoms with E-state index >= 15 is 0 Å². The molecule has 2 heteroatoms. The van der Waals surface area contributed by atoms with Gasteiger partial charge in [0.2, 0.25) is 0 Å². The predicted molar refractivity (Wildman–Crippen MR) is 85.0 cm³/mol. The second-order valence-corrected chi connectivity index (χ2v) is 3.55. The zero-order valence-electron chi connectivity index (χ0n) is 14.2. The van der Waals surface area contributed by atoms with Gasteiger partial charge in [0.15, 0.2) is 0 Å². The van der Waals surface area contributed by atoms with Crippen molar-refractivity contribution in [2.75, 3.05) is 33.7 Å². The van der Waals surface area contributed by atoms with Gasteiger partial charge in [0.25, 0.3) is 0 Å². The number of nitrogens with one attached hydrogen (secondary N) is 1. The Labute approximate surface area is 112 Å². The predicted octanol–water partition coefficient (Wildman–Crippen LogP) is 4.41. The van der Waals surface area contributed by atoms with Gasteiger partial charge in [0.1, 0.15) is 0 Å². The van der Waals surface area contributed by atoms with Crippen LogP contribution in [0.15, 0.2) is 0 Å². The number of rotatable bonds is 6. The molecule has 0 heterocycles. The monoisotopic (exact) mass is 248 g/mol. The van der Waals surface area contributed by atoms with Crippen molar-refractivity contribution in [3.63, 3.8) is 0 Å². The number of likely N-dealkylation sites (N-methyl/N-ethyl adjacent to an activating group) is 1. The molecule has 0 spiro atoms. The second kappa shape index (κ2) is 36.0. The van der Waals surface area contributed by atoms with Gasteiger partial charge >= 0.3 is 0 Å². The number of nitrogens with zero attached hydrogens (tertiary/aromatic N) is 1. The Kier molecular flexibility index (Phi) is 54.4. The van der Waals surface area contributed by atoms with E-state index in [0.717, 1.165) is 19.6 Å². The molecule has 0 atom stereocenters. The maximum absolute atomic E-state index is 3.32. The van der Waals surface area contributed by atoms with Crippen molar-refractivity contribution in [2.24, 2.45) is 0 Å². The first kappa shape index (κ1) is 25.7. The van der Waals surface area contributed by atoms with Gasteiger partial charge < -0.3 is 10.2 Å². The van der Waals surface area contributed by atoms with Gasteiger partial charge in [-0.2, -0.15) is 0 Å². The van der Waals surface area contributed by atoms with E-state index in [1.165, 1.54) is 19.3 Å². The van der Waals surface area contributed by atoms with E-state index in [2.05, 4.69) is 45.1 Å². The van der Waals surface area contributed by atoms with Crippen molar-refractivity contribution < 1.29 is 0 Å². The fourth-order valence-electron chi connectivity index (χ4n) is 0.604. The minimum Gasteiger partial charge on any atom is -0.315 e. The van der Waals surface area contributed by atoms with Crippen molar-refractivity contribution in [1.82, 2.24) is 10.2 Å². The first-order valence-corrected chi connectivity index (χ1v) is 7.54. The van der Waals surface area contributed by atoms with Crippen LogP contribution in [-0.2, 0) is 0 Å². The average molecular weight is 248 g/mol. The number of unbranched alkanes of at least 4 members (excludes halogenated alkanes) is 1. The van der Waals surface area contributed by atoms with Crippen LogP contribution in [0.3, 0.4) is 0 Å². The highest BCUT2D eigenvalue weighted by molar-refractivity contribution is 4.48. The van der Waals surface area contributed by atoms with Crippen LogP contribution in [0.5, 0.6) is 0 Å². The molecule has 1 N–H and O–H groups in total. The molecule has 0 aromatic heterocycles. The third-order valence-corrected chi connectivity index (χ3v) is 1.66. The van der Waals surface area contributed by atoms with Crippen LogP contribution < -0.4 is 5.32 Å². The van der Waals surface area contributed by atoms with Gasteiger partial charge in [0, 0.05) is 13.1 Å². The molecule has 0 bridgehead atoms. The lowest BCUT2D eigenvalue weighted by Crippen LogP contribution is -2.26. The molecule has 17 heavy (non-hydrogen) atoms. The zero-order valence-corrected chi connectivity index (χ0v) is 14.2. The Balaban J connectivity index is -0.0000000887. The minimum atomic E-state index is 1.11. The number of hydrogen-bond donors (Lipinski definition) is 1. The maximum atomic E-state index is 3.32. The lowest BCUT2D eigenvalue weighted by atomic mass is 10.4. The van der Waals surface area contributed by atoms with Crippen LogP contribution in [0.1, 0.15) is 67.7 Å². The van der Waals surface area contributed by atoms with Crippen molar-refractivity contribution in [1.29, 1.82) is 0 Å². The summed E-state index contributed by atoms with van der Waals surface area (Å²) in [7, 11) is 4.18. The standard InChI is InChI=1S/C7H18N2.C4H10.2C2H6/c1-4-5-8-6-7-9(2)3;1-3-4-2;2*1-2/h8H,4-7H2,1-3H3;3-4H2,1-2H3;2*1-2H3. The minimum absolute atomic E-state index is 1.11. The molecule has 0 aliphatic carbocycles. The summed E-state index contributed by atoms with van der Waals surface area (Å²) in [6.45, 7) is 17.9. The molecule has 0 aliphatic heterocycles. The van der Waals surface area contributed by atoms with Crippen molar-refractivity contribution in [2.45, 2.75) is 67.7 Å². The van der Waals surface area contributed by atoms with Gasteiger partial charge in [-0.25, -0.2) is 0 Å². The van der Waals surface area contributed by atoms with E-state index < -0.39 is 0 Å². The molecule has 0 unspecified atom stereocenters. The summed E-state index contributed by atoms with van der Waals surface area (Å²) < 4.78 is 0. The van der Waals surface area contributed by atoms with E-state index in [0.29, 0.717) is 0 Å². The maximum Gasteiger partial charge on any atom is 0.0101 e. The van der Waals surface area contributed by atoms with E-state index in [1.807, 2.05) is 27.7 Å². The fraction of sp³-hybridized carbons (Fsp3) is 1.00. The van der Waals surface area contributed by atoms with Crippen LogP contribution in [0, 0.1) is 0 Å². The van der Waals surface area contributed by atoms with Crippen LogP contribution in [-0.4, -0.2) is 38.6 Å². The Bertz CT molecular complexity index is 71.3. The Morgan fingerprint density at radius 2 is 1.12 bits per heavy atom. The lowest BCUT2D eigenvalue weighted by Gasteiger charge is -2.08. The molecule has 0 saturated carbocycles. The molecule has 0 aromatic carbocycles. The third-order valence-electron chi connectivity index (χ3n) is 1.66. The van der Waals surface area contributed by atoms with Crippen molar-refractivity contribution >= 4 is 0 Å². The molecule has 0 radical (unpaired) electrons. The Morgan fingerprint density at radius 3 is 1.35 bits per heavy atom. The van der Waals surface area contributed by atoms with Crippen LogP contribution in [0.2, 0.25) is 0 Å². The normalized spacial score (nSPS) is 8.12. The molecule has 110 valence electrons. The first-order valence-electron chi connectivity index (χ1n) is 7.54. The van der Waals surface area contributed by atoms with E-state index in [1.54, 1.807) is 0 Å². The topological polar surface area (TPSA) is 15.3 Å². The van der Waals surface area contributed by atoms with Crippen LogP contribution >= 0.6 is 0 Å². The molecular weight excluding hydrogens is 208 g/mol. The molecule has 0 saturated heterocycles. The molecule has 0 amide bonds. The van der Waals surface area contributed by atoms with Gasteiger partial charge in [-0.1, -0.05) is 61.3 Å². The summed E-state index contributed by atoms with van der Waals surface area (Å²) >= 11 is 0. The molecule has 0 fully saturated rings. The zero-order chi connectivity index (χ0) is 14.5. The van der Waals surface area contributed by atoms with E-state index in [4.69, 9.17) is 0 Å². The molecular formula is C15H40N2. The average Bonchev–Trinajstić information content (AvgIpc) is 2.39. The second-order valence-electron chi connectivity index (χ2n) is 3.55. The first-order chi connectivity index (χ1) is 8.18. The van der Waals surface area contributed by atoms with Crippen LogP contribution in [0.4, 0.5) is 0 Å². The van der Waals surface area contributed by atoms with Crippen LogP contribution in [0.25, 0.3) is 0 Å². The lowest BCUT2D eigenvalue weighted by molar-refractivity contribution is 0.400. The highest BCUT2D eigenvalue weighted by atomic mass is 15.1. The summed E-state index contributed by atoms with van der Waals surface area (Å²) in [6.07, 6.45) is 3.87. The Morgan fingerprint density at radius 1 is 0.706 bits per heavy atom. The smallest absolute Gasteiger partial charge is 0.0101 e. The summed E-state index contributed by atoms with van der Waals surface area (Å²) in [6, 6.07) is 0. The molecule has 0 aromatic rings. The number of hydrogen-bond acceptors (Lipinski definition) is 2. The Hall–Kier alpha value is -0.0800. The molecule has 2 nitrogen and oxygen atoms in total.